The molecule has 53 heavy (non-hydrogen) atoms. The number of ether oxygens (including phenoxy) is 1. The summed E-state index contributed by atoms with van der Waals surface area (Å²) in [6.07, 6.45) is 8.22. The minimum atomic E-state index is -1.11. The van der Waals surface area contributed by atoms with Crippen LogP contribution in [0.15, 0.2) is 48.5 Å². The molecule has 0 aliphatic carbocycles. The van der Waals surface area contributed by atoms with Crippen LogP contribution in [0.5, 0.6) is 0 Å². The monoisotopic (exact) mass is 734 g/mol. The first-order valence-corrected chi connectivity index (χ1v) is 19.9. The number of unbranched alkanes of at least 4 members (excludes halogenated alkanes) is 5. The van der Waals surface area contributed by atoms with Crippen LogP contribution in [0.2, 0.25) is 0 Å². The van der Waals surface area contributed by atoms with Gasteiger partial charge in [-0.05, 0) is 70.1 Å². The van der Waals surface area contributed by atoms with Crippen molar-refractivity contribution in [2.24, 2.45) is 11.8 Å². The van der Waals surface area contributed by atoms with Gasteiger partial charge in [-0.25, -0.2) is 4.79 Å². The maximum absolute atomic E-state index is 14.0. The lowest BCUT2D eigenvalue weighted by Gasteiger charge is -2.32. The van der Waals surface area contributed by atoms with Crippen LogP contribution in [-0.4, -0.2) is 58.2 Å². The predicted octanol–water partition coefficient (Wildman–Crippen LogP) is 8.90. The Morgan fingerprint density at radius 2 is 1.25 bits per heavy atom. The van der Waals surface area contributed by atoms with Crippen molar-refractivity contribution in [3.05, 3.63) is 59.7 Å². The third-order valence-corrected chi connectivity index (χ3v) is 9.59. The second kappa shape index (κ2) is 23.0. The highest BCUT2D eigenvalue weighted by atomic mass is 16.5. The van der Waals surface area contributed by atoms with Crippen LogP contribution in [0, 0.1) is 11.8 Å². The number of carbonyl (C=O) groups excluding carboxylic acids is 4. The molecule has 0 saturated heterocycles. The van der Waals surface area contributed by atoms with Crippen LogP contribution >= 0.6 is 0 Å². The lowest BCUT2D eigenvalue weighted by Crippen LogP contribution is -2.53. The Bertz CT molecular complexity index is 1450. The van der Waals surface area contributed by atoms with E-state index in [1.807, 2.05) is 39.8 Å². The standard InChI is InChI=1S/C44H66N2O7/c1-9-12-15-18-36(29-38(47)35-26-24-34(25-27-35)33-22-20-32(21-23-33)17-14-11-3)42(50)46-40(31(5)53-44(6,7)8)39(48)28-30(4)41(49)45-37(43(51)52)19-16-13-10-2/h20-27,30-31,36-37,40H,9-19,28-29H2,1-8H3,(H,45,49)(H,46,50)(H,51,52)/t30-,31?,36+,37+,40+/m1/s1. The van der Waals surface area contributed by atoms with E-state index in [0.29, 0.717) is 24.8 Å². The van der Waals surface area contributed by atoms with Gasteiger partial charge in [0, 0.05) is 30.2 Å². The van der Waals surface area contributed by atoms with E-state index in [9.17, 15) is 29.1 Å². The lowest BCUT2D eigenvalue weighted by atomic mass is 9.90. The second-order valence-electron chi connectivity index (χ2n) is 15.6. The first kappa shape index (κ1) is 45.3. The summed E-state index contributed by atoms with van der Waals surface area (Å²) in [6, 6.07) is 13.9. The largest absolute Gasteiger partial charge is 0.480 e. The number of aryl methyl sites for hydroxylation is 1. The van der Waals surface area contributed by atoms with Gasteiger partial charge in [0.1, 0.15) is 12.1 Å². The minimum absolute atomic E-state index is 0.0101. The molecule has 0 fully saturated rings. The van der Waals surface area contributed by atoms with Gasteiger partial charge >= 0.3 is 5.97 Å². The minimum Gasteiger partial charge on any atom is -0.480 e. The fourth-order valence-electron chi connectivity index (χ4n) is 6.45. The molecule has 0 aliphatic heterocycles. The number of rotatable bonds is 25. The molecular formula is C44H66N2O7. The molecule has 2 aromatic carbocycles. The number of hydrogen-bond donors (Lipinski definition) is 3. The molecule has 3 N–H and O–H groups in total. The van der Waals surface area contributed by atoms with Crippen molar-refractivity contribution in [3.8, 4) is 11.1 Å². The van der Waals surface area contributed by atoms with Crippen molar-refractivity contribution >= 4 is 29.4 Å². The molecule has 0 heterocycles. The average Bonchev–Trinajstić information content (AvgIpc) is 3.11. The maximum Gasteiger partial charge on any atom is 0.326 e. The molecule has 294 valence electrons. The van der Waals surface area contributed by atoms with Gasteiger partial charge < -0.3 is 20.5 Å². The first-order chi connectivity index (χ1) is 25.1. The summed E-state index contributed by atoms with van der Waals surface area (Å²) < 4.78 is 6.13. The molecule has 0 aliphatic rings. The van der Waals surface area contributed by atoms with Gasteiger partial charge in [0.2, 0.25) is 11.8 Å². The quantitative estimate of drug-likeness (QED) is 0.0684. The fourth-order valence-corrected chi connectivity index (χ4v) is 6.45. The van der Waals surface area contributed by atoms with E-state index in [-0.39, 0.29) is 18.6 Å². The molecule has 2 amide bonds. The van der Waals surface area contributed by atoms with Crippen LogP contribution in [0.25, 0.3) is 11.1 Å². The topological polar surface area (TPSA) is 139 Å². The molecule has 9 nitrogen and oxygen atoms in total. The number of carboxylic acids is 1. The summed E-state index contributed by atoms with van der Waals surface area (Å²) in [7, 11) is 0. The van der Waals surface area contributed by atoms with Gasteiger partial charge in [-0.1, -0.05) is 121 Å². The normalized spacial score (nSPS) is 14.4. The summed E-state index contributed by atoms with van der Waals surface area (Å²) in [5.74, 6) is -4.10. The van der Waals surface area contributed by atoms with Gasteiger partial charge in [-0.2, -0.15) is 0 Å². The molecule has 9 heteroatoms. The highest BCUT2D eigenvalue weighted by Crippen LogP contribution is 2.24. The number of amides is 2. The van der Waals surface area contributed by atoms with Crippen LogP contribution in [0.3, 0.4) is 0 Å². The number of carbonyl (C=O) groups is 5. The molecule has 2 aromatic rings. The van der Waals surface area contributed by atoms with Crippen molar-refractivity contribution in [2.45, 2.75) is 163 Å². The lowest BCUT2D eigenvalue weighted by molar-refractivity contribution is -0.143. The Balaban J connectivity index is 2.22. The fraction of sp³-hybridized carbons (Fsp3) is 0.614. The van der Waals surface area contributed by atoms with Gasteiger partial charge in [-0.15, -0.1) is 0 Å². The second-order valence-corrected chi connectivity index (χ2v) is 15.6. The number of Topliss-reactive ketones (excluding diaryl/α,β-unsaturated/α-hetero) is 2. The van der Waals surface area contributed by atoms with Gasteiger partial charge in [0.25, 0.3) is 0 Å². The van der Waals surface area contributed by atoms with Crippen LogP contribution in [-0.2, 0) is 30.3 Å². The van der Waals surface area contributed by atoms with Gasteiger partial charge in [-0.3, -0.25) is 19.2 Å². The Kier molecular flexibility index (Phi) is 19.7. The number of nitrogens with one attached hydrogen (secondary N) is 2. The highest BCUT2D eigenvalue weighted by molar-refractivity contribution is 6.00. The number of aliphatic carboxylic acids is 1. The molecule has 1 unspecified atom stereocenters. The zero-order chi connectivity index (χ0) is 39.6. The van der Waals surface area contributed by atoms with E-state index < -0.39 is 59.2 Å². The molecule has 0 aromatic heterocycles. The zero-order valence-corrected chi connectivity index (χ0v) is 33.6. The van der Waals surface area contributed by atoms with Crippen LogP contribution in [0.4, 0.5) is 0 Å². The molecule has 2 rings (SSSR count). The van der Waals surface area contributed by atoms with Crippen molar-refractivity contribution < 1.29 is 33.8 Å². The summed E-state index contributed by atoms with van der Waals surface area (Å²) in [5, 5.41) is 15.1. The number of hydrogen-bond acceptors (Lipinski definition) is 6. The summed E-state index contributed by atoms with van der Waals surface area (Å²) in [5.41, 5.74) is 3.28. The van der Waals surface area contributed by atoms with E-state index in [1.165, 1.54) is 5.56 Å². The third kappa shape index (κ3) is 16.4. The highest BCUT2D eigenvalue weighted by Gasteiger charge is 2.35. The van der Waals surface area contributed by atoms with Crippen molar-refractivity contribution in [2.75, 3.05) is 0 Å². The molecule has 0 bridgehead atoms. The third-order valence-electron chi connectivity index (χ3n) is 9.59. The van der Waals surface area contributed by atoms with E-state index in [2.05, 4.69) is 48.7 Å². The molecular weight excluding hydrogens is 668 g/mol. The van der Waals surface area contributed by atoms with E-state index in [1.54, 1.807) is 26.0 Å². The Labute approximate surface area is 318 Å². The van der Waals surface area contributed by atoms with Crippen molar-refractivity contribution in [3.63, 3.8) is 0 Å². The molecule has 0 spiro atoms. The molecule has 5 atom stereocenters. The summed E-state index contributed by atoms with van der Waals surface area (Å²) >= 11 is 0. The molecule has 0 saturated carbocycles. The average molecular weight is 735 g/mol. The maximum atomic E-state index is 14.0. The van der Waals surface area contributed by atoms with E-state index in [4.69, 9.17) is 4.74 Å². The number of ketones is 2. The number of carboxylic acid groups (broad SMARTS) is 1. The van der Waals surface area contributed by atoms with Gasteiger partial charge in [0.05, 0.1) is 11.7 Å². The van der Waals surface area contributed by atoms with E-state index in [0.717, 1.165) is 62.5 Å². The zero-order valence-electron chi connectivity index (χ0n) is 33.6. The SMILES string of the molecule is CCCCC[C@@H](CC(=O)c1ccc(-c2ccc(CCCC)cc2)cc1)C(=O)N[C@H](C(=O)C[C@@H](C)C(=O)N[C@@H](CCCCC)C(=O)O)C(C)OC(C)(C)C. The van der Waals surface area contributed by atoms with Crippen molar-refractivity contribution in [1.29, 1.82) is 0 Å². The van der Waals surface area contributed by atoms with Gasteiger partial charge in [0.15, 0.2) is 11.6 Å². The predicted molar refractivity (Wildman–Crippen MR) is 212 cm³/mol. The van der Waals surface area contributed by atoms with Crippen molar-refractivity contribution in [1.82, 2.24) is 10.6 Å². The van der Waals surface area contributed by atoms with E-state index >= 15 is 0 Å². The first-order valence-electron chi connectivity index (χ1n) is 19.9. The Morgan fingerprint density at radius 1 is 0.698 bits per heavy atom. The van der Waals surface area contributed by atoms with Crippen LogP contribution < -0.4 is 10.6 Å². The Hall–Kier alpha value is -3.85. The summed E-state index contributed by atoms with van der Waals surface area (Å²) in [6.45, 7) is 15.1. The van der Waals surface area contributed by atoms with Crippen LogP contribution in [0.1, 0.15) is 148 Å². The molecule has 0 radical (unpaired) electrons. The summed E-state index contributed by atoms with van der Waals surface area (Å²) in [4.78, 5) is 66.3. The number of benzene rings is 2. The Morgan fingerprint density at radius 3 is 1.77 bits per heavy atom. The smallest absolute Gasteiger partial charge is 0.326 e.